The van der Waals surface area contributed by atoms with Gasteiger partial charge in [0.05, 0.1) is 6.04 Å². The van der Waals surface area contributed by atoms with E-state index in [0.29, 0.717) is 6.54 Å². The van der Waals surface area contributed by atoms with E-state index in [1.165, 1.54) is 5.56 Å². The third-order valence-electron chi connectivity index (χ3n) is 3.69. The summed E-state index contributed by atoms with van der Waals surface area (Å²) in [4.78, 5) is 12.0. The van der Waals surface area contributed by atoms with Crippen LogP contribution in [-0.2, 0) is 10.2 Å². The molecule has 1 heterocycles. The van der Waals surface area contributed by atoms with Crippen LogP contribution in [0.25, 0.3) is 0 Å². The summed E-state index contributed by atoms with van der Waals surface area (Å²) in [5, 5.41) is 6.29. The molecule has 0 aromatic heterocycles. The highest BCUT2D eigenvalue weighted by Crippen LogP contribution is 2.25. The average Bonchev–Trinajstić information content (AvgIpc) is 2.90. The van der Waals surface area contributed by atoms with Crippen LogP contribution in [0.3, 0.4) is 0 Å². The van der Waals surface area contributed by atoms with Crippen molar-refractivity contribution in [2.24, 2.45) is 0 Å². The van der Waals surface area contributed by atoms with Crippen LogP contribution in [0, 0.1) is 0 Å². The molecule has 0 bridgehead atoms. The van der Waals surface area contributed by atoms with E-state index in [0.717, 1.165) is 23.9 Å². The highest BCUT2D eigenvalue weighted by Gasteiger charge is 2.25. The van der Waals surface area contributed by atoms with Crippen molar-refractivity contribution in [3.05, 3.63) is 34.3 Å². The molecular formula is C15H22BrClN2O. The molecule has 1 saturated heterocycles. The van der Waals surface area contributed by atoms with Gasteiger partial charge in [0.25, 0.3) is 0 Å². The normalized spacial score (nSPS) is 18.4. The number of carbonyl (C=O) groups is 1. The van der Waals surface area contributed by atoms with Crippen molar-refractivity contribution in [3.63, 3.8) is 0 Å². The van der Waals surface area contributed by atoms with Gasteiger partial charge in [-0.25, -0.2) is 0 Å². The highest BCUT2D eigenvalue weighted by molar-refractivity contribution is 9.10. The largest absolute Gasteiger partial charge is 0.354 e. The first-order valence-corrected chi connectivity index (χ1v) is 7.55. The molecule has 2 N–H and O–H groups in total. The summed E-state index contributed by atoms with van der Waals surface area (Å²) in [6.45, 7) is 5.90. The molecule has 1 aromatic carbocycles. The fourth-order valence-electron chi connectivity index (χ4n) is 2.35. The SMILES string of the molecule is CC(C)(CNC(=O)C1CCCN1)c1cccc(Br)c1.Cl. The number of nitrogens with one attached hydrogen (secondary N) is 2. The Morgan fingerprint density at radius 2 is 2.25 bits per heavy atom. The van der Waals surface area contributed by atoms with Crippen molar-refractivity contribution >= 4 is 34.2 Å². The number of halogens is 2. The predicted octanol–water partition coefficient (Wildman–Crippen LogP) is 3.02. The first-order valence-electron chi connectivity index (χ1n) is 6.76. The molecule has 1 atom stereocenters. The summed E-state index contributed by atoms with van der Waals surface area (Å²) < 4.78 is 1.07. The van der Waals surface area contributed by atoms with Gasteiger partial charge < -0.3 is 10.6 Å². The van der Waals surface area contributed by atoms with E-state index < -0.39 is 0 Å². The second-order valence-corrected chi connectivity index (χ2v) is 6.68. The maximum atomic E-state index is 12.0. The first kappa shape index (κ1) is 17.5. The van der Waals surface area contributed by atoms with E-state index in [2.05, 4.69) is 52.5 Å². The van der Waals surface area contributed by atoms with Gasteiger partial charge in [0.1, 0.15) is 0 Å². The van der Waals surface area contributed by atoms with Gasteiger partial charge in [0.2, 0.25) is 5.91 Å². The zero-order valence-corrected chi connectivity index (χ0v) is 14.3. The lowest BCUT2D eigenvalue weighted by molar-refractivity contribution is -0.123. The van der Waals surface area contributed by atoms with E-state index in [-0.39, 0.29) is 29.8 Å². The van der Waals surface area contributed by atoms with Crippen molar-refractivity contribution in [2.75, 3.05) is 13.1 Å². The molecule has 3 nitrogen and oxygen atoms in total. The fraction of sp³-hybridized carbons (Fsp3) is 0.533. The Morgan fingerprint density at radius 3 is 2.85 bits per heavy atom. The molecule has 1 fully saturated rings. The van der Waals surface area contributed by atoms with Gasteiger partial charge in [-0.15, -0.1) is 12.4 Å². The molecule has 1 aliphatic heterocycles. The second-order valence-electron chi connectivity index (χ2n) is 5.76. The van der Waals surface area contributed by atoms with Crippen LogP contribution in [0.2, 0.25) is 0 Å². The number of amides is 1. The van der Waals surface area contributed by atoms with Crippen LogP contribution in [0.15, 0.2) is 28.7 Å². The van der Waals surface area contributed by atoms with E-state index in [1.807, 2.05) is 12.1 Å². The minimum atomic E-state index is -0.0714. The van der Waals surface area contributed by atoms with Crippen LogP contribution in [0.5, 0.6) is 0 Å². The van der Waals surface area contributed by atoms with Crippen molar-refractivity contribution < 1.29 is 4.79 Å². The summed E-state index contributed by atoms with van der Waals surface area (Å²) in [5.41, 5.74) is 1.15. The zero-order valence-electron chi connectivity index (χ0n) is 11.9. The number of rotatable bonds is 4. The second kappa shape index (κ2) is 7.43. The Balaban J connectivity index is 0.00000200. The van der Waals surface area contributed by atoms with E-state index in [4.69, 9.17) is 0 Å². The minimum absolute atomic E-state index is 0. The van der Waals surface area contributed by atoms with E-state index in [1.54, 1.807) is 0 Å². The first-order chi connectivity index (χ1) is 8.99. The lowest BCUT2D eigenvalue weighted by atomic mass is 9.84. The summed E-state index contributed by atoms with van der Waals surface area (Å²) in [6.07, 6.45) is 2.04. The Kier molecular flexibility index (Phi) is 6.49. The summed E-state index contributed by atoms with van der Waals surface area (Å²) >= 11 is 3.49. The third kappa shape index (κ3) is 4.47. The fourth-order valence-corrected chi connectivity index (χ4v) is 2.75. The molecule has 0 radical (unpaired) electrons. The molecule has 1 amide bonds. The number of hydrogen-bond donors (Lipinski definition) is 2. The van der Waals surface area contributed by atoms with Gasteiger partial charge in [0.15, 0.2) is 0 Å². The molecule has 0 aliphatic carbocycles. The lowest BCUT2D eigenvalue weighted by Crippen LogP contribution is -2.45. The van der Waals surface area contributed by atoms with Gasteiger partial charge in [-0.1, -0.05) is 41.9 Å². The molecule has 5 heteroatoms. The Morgan fingerprint density at radius 1 is 1.50 bits per heavy atom. The lowest BCUT2D eigenvalue weighted by Gasteiger charge is -2.26. The topological polar surface area (TPSA) is 41.1 Å². The van der Waals surface area contributed by atoms with Crippen LogP contribution in [-0.4, -0.2) is 25.0 Å². The number of hydrogen-bond acceptors (Lipinski definition) is 2. The third-order valence-corrected chi connectivity index (χ3v) is 4.18. The number of carbonyl (C=O) groups excluding carboxylic acids is 1. The van der Waals surface area contributed by atoms with Crippen LogP contribution in [0.1, 0.15) is 32.3 Å². The van der Waals surface area contributed by atoms with Crippen LogP contribution in [0.4, 0.5) is 0 Å². The molecule has 0 spiro atoms. The van der Waals surface area contributed by atoms with Gasteiger partial charge in [-0.2, -0.15) is 0 Å². The Bertz CT molecular complexity index is 459. The summed E-state index contributed by atoms with van der Waals surface area (Å²) in [6, 6.07) is 8.26. The van der Waals surface area contributed by atoms with Crippen molar-refractivity contribution in [1.82, 2.24) is 10.6 Å². The van der Waals surface area contributed by atoms with Crippen LogP contribution < -0.4 is 10.6 Å². The van der Waals surface area contributed by atoms with Crippen LogP contribution >= 0.6 is 28.3 Å². The van der Waals surface area contributed by atoms with Gasteiger partial charge in [-0.3, -0.25) is 4.79 Å². The maximum Gasteiger partial charge on any atom is 0.237 e. The molecule has 1 unspecified atom stereocenters. The monoisotopic (exact) mass is 360 g/mol. The molecule has 1 aliphatic rings. The maximum absolute atomic E-state index is 12.0. The van der Waals surface area contributed by atoms with Crippen molar-refractivity contribution in [2.45, 2.75) is 38.1 Å². The smallest absolute Gasteiger partial charge is 0.237 e. The standard InChI is InChI=1S/C15H21BrN2O.ClH/c1-15(2,11-5-3-6-12(16)9-11)10-18-14(19)13-7-4-8-17-13;/h3,5-6,9,13,17H,4,7-8,10H2,1-2H3,(H,18,19);1H. The van der Waals surface area contributed by atoms with E-state index in [9.17, 15) is 4.79 Å². The van der Waals surface area contributed by atoms with Crippen molar-refractivity contribution in [1.29, 1.82) is 0 Å². The zero-order chi connectivity index (χ0) is 13.9. The van der Waals surface area contributed by atoms with Gasteiger partial charge in [0, 0.05) is 16.4 Å². The highest BCUT2D eigenvalue weighted by atomic mass is 79.9. The van der Waals surface area contributed by atoms with Gasteiger partial charge in [-0.05, 0) is 37.1 Å². The molecule has 112 valence electrons. The average molecular weight is 362 g/mol. The molecule has 20 heavy (non-hydrogen) atoms. The quantitative estimate of drug-likeness (QED) is 0.865. The van der Waals surface area contributed by atoms with E-state index >= 15 is 0 Å². The molecule has 0 saturated carbocycles. The molecular weight excluding hydrogens is 340 g/mol. The molecule has 1 aromatic rings. The van der Waals surface area contributed by atoms with Gasteiger partial charge >= 0.3 is 0 Å². The summed E-state index contributed by atoms with van der Waals surface area (Å²) in [5.74, 6) is 0.126. The summed E-state index contributed by atoms with van der Waals surface area (Å²) in [7, 11) is 0. The Labute approximate surface area is 135 Å². The Hall–Kier alpha value is -0.580. The minimum Gasteiger partial charge on any atom is -0.354 e. The molecule has 2 rings (SSSR count). The number of benzene rings is 1. The predicted molar refractivity (Wildman–Crippen MR) is 88.5 cm³/mol. The van der Waals surface area contributed by atoms with Crippen molar-refractivity contribution in [3.8, 4) is 0 Å².